The lowest BCUT2D eigenvalue weighted by atomic mass is 10.8. The van der Waals surface area contributed by atoms with Gasteiger partial charge >= 0.3 is 7.94 Å². The van der Waals surface area contributed by atoms with Gasteiger partial charge in [-0.2, -0.15) is 13.9 Å². The fourth-order valence-corrected chi connectivity index (χ4v) is 1.37. The molecular formula is C5H15NO3P+. The van der Waals surface area contributed by atoms with Crippen LogP contribution in [0.15, 0.2) is 0 Å². The Labute approximate surface area is 62.1 Å². The molecule has 0 aromatic rings. The zero-order valence-corrected chi connectivity index (χ0v) is 7.52. The van der Waals surface area contributed by atoms with Gasteiger partial charge in [0.2, 0.25) is 0 Å². The number of hydrogen-bond acceptors (Lipinski definition) is 4. The van der Waals surface area contributed by atoms with Gasteiger partial charge in [-0.3, -0.25) is 5.32 Å². The molecule has 0 aliphatic carbocycles. The molecule has 0 rings (SSSR count). The fraction of sp³-hybridized carbons (Fsp3) is 1.00. The average molecular weight is 168 g/mol. The minimum absolute atomic E-state index is 0.385. The predicted octanol–water partition coefficient (Wildman–Crippen LogP) is 0.601. The molecule has 10 heavy (non-hydrogen) atoms. The van der Waals surface area contributed by atoms with Crippen molar-refractivity contribution in [2.24, 2.45) is 0 Å². The average Bonchev–Trinajstić information content (AvgIpc) is 2.00. The van der Waals surface area contributed by atoms with Crippen LogP contribution >= 0.6 is 7.94 Å². The lowest BCUT2D eigenvalue weighted by Crippen LogP contribution is -2.18. The van der Waals surface area contributed by atoms with Crippen molar-refractivity contribution in [3.63, 3.8) is 0 Å². The Morgan fingerprint density at radius 1 is 1.40 bits per heavy atom. The summed E-state index contributed by atoms with van der Waals surface area (Å²) in [6.45, 7) is 2.75. The van der Waals surface area contributed by atoms with Gasteiger partial charge in [0, 0.05) is 0 Å². The van der Waals surface area contributed by atoms with E-state index in [0.29, 0.717) is 6.29 Å². The number of hydrogen-bond donors (Lipinski definition) is 2. The van der Waals surface area contributed by atoms with E-state index < -0.39 is 7.94 Å². The Bertz CT molecular complexity index is 87.0. The minimum Gasteiger partial charge on any atom is -0.279 e. The van der Waals surface area contributed by atoms with Crippen molar-refractivity contribution >= 4 is 7.94 Å². The van der Waals surface area contributed by atoms with Crippen LogP contribution in [0, 0.1) is 0 Å². The summed E-state index contributed by atoms with van der Waals surface area (Å²) in [4.78, 5) is 9.36. The van der Waals surface area contributed by atoms with Gasteiger partial charge in [-0.05, 0) is 6.54 Å². The first kappa shape index (κ1) is 10.3. The van der Waals surface area contributed by atoms with Gasteiger partial charge in [-0.25, -0.2) is 0 Å². The third-order valence-corrected chi connectivity index (χ3v) is 2.90. The van der Waals surface area contributed by atoms with E-state index in [0.717, 1.165) is 6.54 Å². The van der Waals surface area contributed by atoms with Gasteiger partial charge in [-0.15, -0.1) is 0 Å². The van der Waals surface area contributed by atoms with Crippen molar-refractivity contribution in [1.82, 2.24) is 5.32 Å². The zero-order valence-electron chi connectivity index (χ0n) is 6.63. The normalized spacial score (nSPS) is 12.0. The topological polar surface area (TPSA) is 50.7 Å². The van der Waals surface area contributed by atoms with E-state index in [1.807, 2.05) is 6.92 Å². The van der Waals surface area contributed by atoms with Crippen molar-refractivity contribution in [3.8, 4) is 0 Å². The third kappa shape index (κ3) is 3.44. The summed E-state index contributed by atoms with van der Waals surface area (Å²) in [6, 6.07) is 0. The van der Waals surface area contributed by atoms with Crippen molar-refractivity contribution in [2.75, 3.05) is 27.1 Å². The molecule has 4 nitrogen and oxygen atoms in total. The molecule has 0 aliphatic heterocycles. The Balaban J connectivity index is 3.58. The molecule has 62 valence electrons. The zero-order chi connectivity index (χ0) is 8.04. The highest BCUT2D eigenvalue weighted by Crippen LogP contribution is 2.53. The number of rotatable bonds is 5. The molecule has 2 N–H and O–H groups in total. The van der Waals surface area contributed by atoms with Crippen LogP contribution < -0.4 is 5.32 Å². The second-order valence-corrected chi connectivity index (χ2v) is 4.09. The highest BCUT2D eigenvalue weighted by molar-refractivity contribution is 7.60. The summed E-state index contributed by atoms with van der Waals surface area (Å²) in [5, 5.41) is 2.94. The lowest BCUT2D eigenvalue weighted by molar-refractivity contribution is 0.238. The van der Waals surface area contributed by atoms with Crippen LogP contribution in [0.3, 0.4) is 0 Å². The van der Waals surface area contributed by atoms with E-state index >= 15 is 0 Å². The molecule has 0 bridgehead atoms. The van der Waals surface area contributed by atoms with Gasteiger partial charge in [-0.1, -0.05) is 6.92 Å². The Hall–Kier alpha value is 0.270. The highest BCUT2D eigenvalue weighted by atomic mass is 31.2. The largest absolute Gasteiger partial charge is 0.423 e. The van der Waals surface area contributed by atoms with E-state index in [1.165, 1.54) is 14.2 Å². The maximum atomic E-state index is 9.36. The maximum Gasteiger partial charge on any atom is 0.423 e. The van der Waals surface area contributed by atoms with E-state index in [1.54, 1.807) is 0 Å². The van der Waals surface area contributed by atoms with E-state index in [9.17, 15) is 4.89 Å². The van der Waals surface area contributed by atoms with Gasteiger partial charge in [0.1, 0.15) is 0 Å². The fourth-order valence-electron chi connectivity index (χ4n) is 0.457. The van der Waals surface area contributed by atoms with Crippen LogP contribution in [0.5, 0.6) is 0 Å². The maximum absolute atomic E-state index is 9.36. The van der Waals surface area contributed by atoms with Gasteiger partial charge in [0.25, 0.3) is 0 Å². The third-order valence-electron chi connectivity index (χ3n) is 1.13. The van der Waals surface area contributed by atoms with Crippen LogP contribution in [0.25, 0.3) is 0 Å². The lowest BCUT2D eigenvalue weighted by Gasteiger charge is -2.12. The minimum atomic E-state index is -2.56. The molecule has 0 atom stereocenters. The quantitative estimate of drug-likeness (QED) is 0.590. The molecule has 0 radical (unpaired) electrons. The summed E-state index contributed by atoms with van der Waals surface area (Å²) < 4.78 is 9.54. The van der Waals surface area contributed by atoms with Gasteiger partial charge in [0.15, 0.2) is 6.29 Å². The van der Waals surface area contributed by atoms with Gasteiger partial charge < -0.3 is 0 Å². The molecule has 0 fully saturated rings. The van der Waals surface area contributed by atoms with Crippen molar-refractivity contribution in [3.05, 3.63) is 0 Å². The Morgan fingerprint density at radius 3 is 2.20 bits per heavy atom. The van der Waals surface area contributed by atoms with Crippen LogP contribution in [0.2, 0.25) is 0 Å². The van der Waals surface area contributed by atoms with E-state index in [4.69, 9.17) is 9.05 Å². The van der Waals surface area contributed by atoms with Crippen LogP contribution in [-0.4, -0.2) is 31.9 Å². The first-order chi connectivity index (χ1) is 4.68. The molecule has 0 unspecified atom stereocenters. The van der Waals surface area contributed by atoms with Crippen LogP contribution in [0.4, 0.5) is 0 Å². The summed E-state index contributed by atoms with van der Waals surface area (Å²) in [7, 11) is 0.319. The van der Waals surface area contributed by atoms with E-state index in [-0.39, 0.29) is 0 Å². The molecule has 0 aliphatic rings. The van der Waals surface area contributed by atoms with Gasteiger partial charge in [0.05, 0.1) is 14.2 Å². The molecular weight excluding hydrogens is 153 g/mol. The molecule has 0 heterocycles. The smallest absolute Gasteiger partial charge is 0.279 e. The van der Waals surface area contributed by atoms with E-state index in [2.05, 4.69) is 5.32 Å². The molecule has 0 aromatic carbocycles. The van der Waals surface area contributed by atoms with Crippen molar-refractivity contribution in [2.45, 2.75) is 6.92 Å². The molecule has 0 amide bonds. The standard InChI is InChI=1S/C5H15NO3P/c1-4-6-5-10(7,8-2)9-3/h6-7H,4-5H2,1-3H3/q+1. The Morgan fingerprint density at radius 2 is 1.90 bits per heavy atom. The molecule has 0 saturated carbocycles. The highest BCUT2D eigenvalue weighted by Gasteiger charge is 2.36. The second-order valence-electron chi connectivity index (χ2n) is 1.76. The van der Waals surface area contributed by atoms with Crippen LogP contribution in [-0.2, 0) is 9.05 Å². The summed E-state index contributed by atoms with van der Waals surface area (Å²) >= 11 is 0. The molecule has 0 saturated heterocycles. The molecule has 0 aromatic heterocycles. The summed E-state index contributed by atoms with van der Waals surface area (Å²) in [5.41, 5.74) is 0. The predicted molar refractivity (Wildman–Crippen MR) is 41.7 cm³/mol. The summed E-state index contributed by atoms with van der Waals surface area (Å²) in [6.07, 6.45) is 0.385. The number of nitrogens with one attached hydrogen (secondary N) is 1. The molecule has 5 heteroatoms. The molecule has 0 spiro atoms. The Kier molecular flexibility index (Phi) is 5.13. The van der Waals surface area contributed by atoms with Crippen molar-refractivity contribution in [1.29, 1.82) is 0 Å². The van der Waals surface area contributed by atoms with Crippen LogP contribution in [0.1, 0.15) is 6.92 Å². The second kappa shape index (κ2) is 4.99. The summed E-state index contributed by atoms with van der Waals surface area (Å²) in [5.74, 6) is 0. The monoisotopic (exact) mass is 168 g/mol. The SMILES string of the molecule is CCNC[P+](O)(OC)OC. The first-order valence-electron chi connectivity index (χ1n) is 3.11. The first-order valence-corrected chi connectivity index (χ1v) is 4.87. The van der Waals surface area contributed by atoms with Crippen molar-refractivity contribution < 1.29 is 13.9 Å².